The minimum atomic E-state index is -0.553. The first-order valence-electron chi connectivity index (χ1n) is 9.90. The lowest BCUT2D eigenvalue weighted by molar-refractivity contribution is -0.118. The molecule has 0 bridgehead atoms. The van der Waals surface area contributed by atoms with Crippen LogP contribution >= 0.6 is 0 Å². The Morgan fingerprint density at radius 1 is 1.24 bits per heavy atom. The normalized spacial score (nSPS) is 14.8. The van der Waals surface area contributed by atoms with Gasteiger partial charge in [0.05, 0.1) is 44.2 Å². The van der Waals surface area contributed by atoms with Crippen molar-refractivity contribution in [1.29, 1.82) is 0 Å². The molecule has 0 saturated heterocycles. The Morgan fingerprint density at radius 3 is 2.69 bits per heavy atom. The molecule has 2 aromatic rings. The zero-order valence-corrected chi connectivity index (χ0v) is 17.2. The third kappa shape index (κ3) is 5.49. The van der Waals surface area contributed by atoms with Gasteiger partial charge in [-0.2, -0.15) is 0 Å². The molecule has 0 radical (unpaired) electrons. The molecule has 29 heavy (non-hydrogen) atoms. The molecule has 1 N–H and O–H groups in total. The molecule has 1 aliphatic rings. The number of hydrogen-bond acceptors (Lipinski definition) is 6. The molecule has 1 aliphatic heterocycles. The van der Waals surface area contributed by atoms with Crippen molar-refractivity contribution < 1.29 is 19.4 Å². The lowest BCUT2D eigenvalue weighted by Gasteiger charge is -2.14. The Morgan fingerprint density at radius 2 is 2.00 bits per heavy atom. The molecular formula is C23H28N2O4. The molecule has 1 aromatic carbocycles. The van der Waals surface area contributed by atoms with Gasteiger partial charge in [0, 0.05) is 18.5 Å². The molecule has 1 aromatic heterocycles. The van der Waals surface area contributed by atoms with Crippen LogP contribution < -0.4 is 0 Å². The number of benzene rings is 1. The van der Waals surface area contributed by atoms with Crippen LogP contribution in [0.2, 0.25) is 0 Å². The van der Waals surface area contributed by atoms with Gasteiger partial charge in [0.2, 0.25) is 5.90 Å². The van der Waals surface area contributed by atoms with Crippen LogP contribution in [0.1, 0.15) is 54.3 Å². The Bertz CT molecular complexity index is 878. The number of ether oxygens (including phenoxy) is 2. The number of hydrogen-bond donors (Lipinski definition) is 1. The van der Waals surface area contributed by atoms with Crippen LogP contribution in [0.15, 0.2) is 41.4 Å². The van der Waals surface area contributed by atoms with E-state index in [1.54, 1.807) is 14.0 Å². The van der Waals surface area contributed by atoms with E-state index in [1.165, 1.54) is 0 Å². The van der Waals surface area contributed by atoms with Crippen molar-refractivity contribution in [2.24, 2.45) is 4.99 Å². The van der Waals surface area contributed by atoms with E-state index in [0.29, 0.717) is 24.6 Å². The summed E-state index contributed by atoms with van der Waals surface area (Å²) in [5.41, 5.74) is 4.41. The molecule has 0 aliphatic carbocycles. The van der Waals surface area contributed by atoms with E-state index >= 15 is 0 Å². The van der Waals surface area contributed by atoms with Gasteiger partial charge in [-0.1, -0.05) is 37.3 Å². The second kappa shape index (κ2) is 9.76. The van der Waals surface area contributed by atoms with E-state index in [4.69, 9.17) is 9.47 Å². The van der Waals surface area contributed by atoms with Gasteiger partial charge in [-0.05, 0) is 30.0 Å². The van der Waals surface area contributed by atoms with Crippen LogP contribution in [0.3, 0.4) is 0 Å². The van der Waals surface area contributed by atoms with Gasteiger partial charge in [-0.25, -0.2) is 4.99 Å². The Labute approximate surface area is 171 Å². The Balaban J connectivity index is 1.73. The molecule has 1 unspecified atom stereocenters. The van der Waals surface area contributed by atoms with E-state index in [0.717, 1.165) is 22.4 Å². The summed E-state index contributed by atoms with van der Waals surface area (Å²) in [7, 11) is 1.58. The molecule has 0 saturated carbocycles. The lowest BCUT2D eigenvalue weighted by atomic mass is 9.94. The van der Waals surface area contributed by atoms with Crippen molar-refractivity contribution in [1.82, 2.24) is 4.98 Å². The van der Waals surface area contributed by atoms with Crippen LogP contribution in [-0.2, 0) is 33.8 Å². The number of aliphatic hydroxyl groups excluding tert-OH is 1. The number of carbonyl (C=O) groups is 1. The molecule has 6 heteroatoms. The quantitative estimate of drug-likeness (QED) is 0.704. The van der Waals surface area contributed by atoms with Gasteiger partial charge in [-0.3, -0.25) is 9.78 Å². The fourth-order valence-corrected chi connectivity index (χ4v) is 3.54. The number of aliphatic hydroxyl groups is 1. The number of fused-ring (bicyclic) bond motifs is 1. The Kier molecular flexibility index (Phi) is 7.12. The highest BCUT2D eigenvalue weighted by Crippen LogP contribution is 2.25. The second-order valence-electron chi connectivity index (χ2n) is 7.52. The zero-order valence-electron chi connectivity index (χ0n) is 17.2. The molecule has 2 atom stereocenters. The van der Waals surface area contributed by atoms with E-state index < -0.39 is 6.10 Å². The number of methoxy groups -OCH3 is 1. The number of carbonyl (C=O) groups excluding carboxylic acids is 1. The predicted molar refractivity (Wildman–Crippen MR) is 111 cm³/mol. The molecular weight excluding hydrogens is 368 g/mol. The number of Topliss-reactive ketones (excluding diaryl/α,β-unsaturated/α-hetero) is 1. The Hall–Kier alpha value is -2.57. The van der Waals surface area contributed by atoms with Gasteiger partial charge >= 0.3 is 0 Å². The van der Waals surface area contributed by atoms with Gasteiger partial charge < -0.3 is 14.6 Å². The predicted octanol–water partition coefficient (Wildman–Crippen LogP) is 3.19. The monoisotopic (exact) mass is 396 g/mol. The van der Waals surface area contributed by atoms with Crippen molar-refractivity contribution in [2.75, 3.05) is 13.7 Å². The first-order valence-corrected chi connectivity index (χ1v) is 9.90. The maximum Gasteiger partial charge on any atom is 0.218 e. The number of nitrogens with zero attached hydrogens (tertiary/aromatic N) is 2. The molecule has 0 spiro atoms. The van der Waals surface area contributed by atoms with Crippen molar-refractivity contribution in [3.8, 4) is 0 Å². The van der Waals surface area contributed by atoms with E-state index in [2.05, 4.69) is 16.9 Å². The molecule has 0 fully saturated rings. The van der Waals surface area contributed by atoms with Crippen molar-refractivity contribution in [3.05, 3.63) is 64.5 Å². The second-order valence-corrected chi connectivity index (χ2v) is 7.52. The maximum atomic E-state index is 12.7. The van der Waals surface area contributed by atoms with Crippen LogP contribution in [0, 0.1) is 0 Å². The standard InChI is InChI=1S/C23H28N2O4/c1-15(17-7-5-4-6-8-17)9-20(27)11-19-10-18-12-24-23(28-3)22(18)21(25-19)14-29-13-16(2)26/h4-8,10,15-16,26H,9,11-14H2,1-3H3/t15-,16?/m0/s1. The largest absolute Gasteiger partial charge is 0.481 e. The summed E-state index contributed by atoms with van der Waals surface area (Å²) in [6.45, 7) is 4.69. The van der Waals surface area contributed by atoms with Gasteiger partial charge in [0.15, 0.2) is 0 Å². The highest BCUT2D eigenvalue weighted by atomic mass is 16.5. The number of ketones is 1. The third-order valence-corrected chi connectivity index (χ3v) is 4.91. The van der Waals surface area contributed by atoms with Crippen molar-refractivity contribution in [2.45, 2.75) is 51.9 Å². The summed E-state index contributed by atoms with van der Waals surface area (Å²) < 4.78 is 10.9. The molecule has 6 nitrogen and oxygen atoms in total. The number of aromatic nitrogens is 1. The molecule has 2 heterocycles. The molecule has 3 rings (SSSR count). The topological polar surface area (TPSA) is 81.0 Å². The van der Waals surface area contributed by atoms with Crippen LogP contribution in [0.5, 0.6) is 0 Å². The average molecular weight is 396 g/mol. The highest BCUT2D eigenvalue weighted by Gasteiger charge is 2.24. The summed E-state index contributed by atoms with van der Waals surface area (Å²) in [6.07, 6.45) is 0.190. The smallest absolute Gasteiger partial charge is 0.218 e. The fourth-order valence-electron chi connectivity index (χ4n) is 3.54. The average Bonchev–Trinajstić information content (AvgIpc) is 3.11. The van der Waals surface area contributed by atoms with Crippen LogP contribution in [0.25, 0.3) is 0 Å². The van der Waals surface area contributed by atoms with Crippen LogP contribution in [-0.4, -0.2) is 41.6 Å². The number of rotatable bonds is 9. The summed E-state index contributed by atoms with van der Waals surface area (Å²) in [6, 6.07) is 12.0. The summed E-state index contributed by atoms with van der Waals surface area (Å²) >= 11 is 0. The minimum Gasteiger partial charge on any atom is -0.481 e. The fraction of sp³-hybridized carbons (Fsp3) is 0.435. The van der Waals surface area contributed by atoms with Gasteiger partial charge in [0.1, 0.15) is 5.78 Å². The number of aliphatic imine (C=N–C) groups is 1. The van der Waals surface area contributed by atoms with E-state index in [-0.39, 0.29) is 31.3 Å². The van der Waals surface area contributed by atoms with E-state index in [9.17, 15) is 9.90 Å². The first-order chi connectivity index (χ1) is 14.0. The van der Waals surface area contributed by atoms with Gasteiger partial charge in [0.25, 0.3) is 0 Å². The highest BCUT2D eigenvalue weighted by molar-refractivity contribution is 5.98. The van der Waals surface area contributed by atoms with Crippen LogP contribution in [0.4, 0.5) is 0 Å². The summed E-state index contributed by atoms with van der Waals surface area (Å²) in [5, 5.41) is 9.43. The van der Waals surface area contributed by atoms with Crippen molar-refractivity contribution >= 4 is 11.7 Å². The molecule has 0 amide bonds. The first kappa shape index (κ1) is 21.1. The van der Waals surface area contributed by atoms with Crippen molar-refractivity contribution in [3.63, 3.8) is 0 Å². The van der Waals surface area contributed by atoms with E-state index in [1.807, 2.05) is 36.4 Å². The minimum absolute atomic E-state index is 0.149. The SMILES string of the molecule is COC1=NCc2cc(CC(=O)C[C@H](C)c3ccccc3)nc(COCC(C)O)c21. The lowest BCUT2D eigenvalue weighted by Crippen LogP contribution is -2.16. The summed E-state index contributed by atoms with van der Waals surface area (Å²) in [4.78, 5) is 21.7. The maximum absolute atomic E-state index is 12.7. The number of pyridine rings is 1. The third-order valence-electron chi connectivity index (χ3n) is 4.91. The van der Waals surface area contributed by atoms with Gasteiger partial charge in [-0.15, -0.1) is 0 Å². The molecule has 154 valence electrons. The summed E-state index contributed by atoms with van der Waals surface area (Å²) in [5.74, 6) is 0.852. The zero-order chi connectivity index (χ0) is 20.8.